The number of rotatable bonds is 20. The maximum Gasteiger partial charge on any atom is 0.340 e. The van der Waals surface area contributed by atoms with Crippen LogP contribution in [-0.2, 0) is 70.3 Å². The molecule has 3 saturated carbocycles. The highest BCUT2D eigenvalue weighted by Crippen LogP contribution is 2.72. The summed E-state index contributed by atoms with van der Waals surface area (Å²) in [5.41, 5.74) is 7.17. The van der Waals surface area contributed by atoms with Gasteiger partial charge in [0.1, 0.15) is 64.5 Å². The van der Waals surface area contributed by atoms with Crippen LogP contribution in [0.5, 0.6) is 0 Å². The molecule has 3 aliphatic carbocycles. The number of aliphatic hydroxyl groups excluding tert-OH is 5. The first-order valence-electron chi connectivity index (χ1n) is 38.4. The van der Waals surface area contributed by atoms with Crippen LogP contribution in [0.4, 0.5) is 11.6 Å². The van der Waals surface area contributed by atoms with Crippen molar-refractivity contribution in [3.05, 3.63) is 56.2 Å². The van der Waals surface area contributed by atoms with Crippen LogP contribution in [0.1, 0.15) is 157 Å². The first-order valence-corrected chi connectivity index (χ1v) is 51.6. The second-order valence-corrected chi connectivity index (χ2v) is 46.4. The number of H-pyrrole nitrogens is 1. The van der Waals surface area contributed by atoms with E-state index >= 15 is 0 Å². The number of aromatic nitrogens is 16. The molecular formula is C67H93Cl10N19O23P4. The van der Waals surface area contributed by atoms with E-state index in [4.69, 9.17) is 168 Å². The van der Waals surface area contributed by atoms with Crippen molar-refractivity contribution in [2.24, 2.45) is 17.6 Å². The minimum atomic E-state index is -4.81. The van der Waals surface area contributed by atoms with E-state index in [1.807, 2.05) is 27.7 Å². The van der Waals surface area contributed by atoms with Crippen molar-refractivity contribution >= 4 is 215 Å². The van der Waals surface area contributed by atoms with E-state index in [0.29, 0.717) is 67.4 Å². The number of nitrogens with two attached hydrogens (primary N) is 1. The van der Waals surface area contributed by atoms with Crippen molar-refractivity contribution in [1.82, 2.24) is 79.4 Å². The Hall–Kier alpha value is -4.53. The van der Waals surface area contributed by atoms with Gasteiger partial charge in [0.25, 0.3) is 11.7 Å². The van der Waals surface area contributed by atoms with E-state index in [1.54, 1.807) is 23.3 Å². The molecule has 7 aliphatic rings. The van der Waals surface area contributed by atoms with E-state index in [2.05, 4.69) is 76.0 Å². The van der Waals surface area contributed by atoms with Crippen molar-refractivity contribution < 1.29 is 111 Å². The monoisotopic (exact) mass is 2010 g/mol. The number of carbonyl (C=O) groups excluding carboxylic acids is 3. The zero-order chi connectivity index (χ0) is 90.5. The fourth-order valence-corrected chi connectivity index (χ4v) is 27.0. The van der Waals surface area contributed by atoms with Gasteiger partial charge < -0.3 is 94.3 Å². The number of halogens is 10. The largest absolute Gasteiger partial charge is 0.457 e. The van der Waals surface area contributed by atoms with Crippen LogP contribution < -0.4 is 16.4 Å². The molecule has 0 aromatic carbocycles. The molecule has 7 fully saturated rings. The first kappa shape index (κ1) is 102. The predicted octanol–water partition coefficient (Wildman–Crippen LogP) is 12.3. The fraction of sp³-hybridized carbons (Fsp3) is 0.657. The van der Waals surface area contributed by atoms with E-state index in [9.17, 15) is 63.1 Å². The van der Waals surface area contributed by atoms with Gasteiger partial charge in [0, 0.05) is 50.7 Å². The van der Waals surface area contributed by atoms with Crippen molar-refractivity contribution in [2.75, 3.05) is 35.7 Å². The maximum atomic E-state index is 11.9. The molecule has 15 rings (SSSR count). The Bertz CT molecular complexity index is 5090. The summed E-state index contributed by atoms with van der Waals surface area (Å²) in [6.07, 6.45) is 9.41. The van der Waals surface area contributed by atoms with Crippen LogP contribution in [0.15, 0.2) is 24.8 Å². The van der Waals surface area contributed by atoms with Crippen molar-refractivity contribution in [1.29, 1.82) is 0 Å². The molecule has 123 heavy (non-hydrogen) atoms. The highest BCUT2D eigenvalue weighted by Gasteiger charge is 2.50. The van der Waals surface area contributed by atoms with Crippen LogP contribution in [0.25, 0.3) is 44.1 Å². The fourth-order valence-electron chi connectivity index (χ4n) is 14.3. The molecular weight excluding hydrogens is 1920 g/mol. The van der Waals surface area contributed by atoms with Crippen LogP contribution in [0.2, 0.25) is 31.4 Å². The lowest BCUT2D eigenvalue weighted by Gasteiger charge is -2.21. The summed E-state index contributed by atoms with van der Waals surface area (Å²) in [5.74, 6) is -8.73. The number of hydrogen-bond donors (Lipinski definition) is 12. The number of nitrogens with one attached hydrogen (secondary N) is 3. The predicted molar refractivity (Wildman–Crippen MR) is 455 cm³/mol. The number of anilines is 2. The molecule has 56 heteroatoms. The lowest BCUT2D eigenvalue weighted by molar-refractivity contribution is -0.194. The number of aliphatic hydroxyl groups is 5. The lowest BCUT2D eigenvalue weighted by atomic mass is 9.98. The summed E-state index contributed by atoms with van der Waals surface area (Å²) in [7, 11) is -9.48. The summed E-state index contributed by atoms with van der Waals surface area (Å²) >= 11 is 55.4. The third kappa shape index (κ3) is 28.7. The molecule has 4 aliphatic heterocycles. The Morgan fingerprint density at radius 2 is 0.911 bits per heavy atom. The summed E-state index contributed by atoms with van der Waals surface area (Å²) in [4.78, 5) is 93.2. The molecule has 17 atom stereocenters. The zero-order valence-electron chi connectivity index (χ0n) is 66.6. The van der Waals surface area contributed by atoms with Crippen LogP contribution >= 0.6 is 141 Å². The minimum Gasteiger partial charge on any atom is -0.457 e. The van der Waals surface area contributed by atoms with E-state index in [1.165, 1.54) is 74.9 Å². The summed E-state index contributed by atoms with van der Waals surface area (Å²) in [6, 6.07) is 1.12. The van der Waals surface area contributed by atoms with Gasteiger partial charge >= 0.3 is 33.1 Å². The molecule has 8 aromatic heterocycles. The van der Waals surface area contributed by atoms with Crippen molar-refractivity contribution in [2.45, 2.75) is 242 Å². The Labute approximate surface area is 751 Å². The van der Waals surface area contributed by atoms with Crippen molar-refractivity contribution in [3.8, 4) is 0 Å². The van der Waals surface area contributed by atoms with Gasteiger partial charge in [-0.3, -0.25) is 37.7 Å². The molecule has 4 saturated heterocycles. The standard InChI is InChI=1S/C16H24ClN5O9P2.C15H20ClN5O4.C14H16Cl2N4O3.C11H18O5.C5H2Cl2N4.C5H11N.CH2Cl4O2P2/c17-16-20-13(19-8-3-1-2-4-8)9-5-18-22(14(9)21-16)15-12(24)11(23)10(31-15)6-30-33(28,29)7-32(25,26)27;16-15-19-12(18-7-3-1-2-4-7)8-5-17-21(13(8)20-15)14-11(24)10(23)9(6-22)25-14;1-4-9-6(2)10(22-7(3)21)13(23-9)20-12-8(5-17-20)11(15)18-14(16)19-12;1-5-9-6(2)10(14-7(3)12)11(16-9)15-8(4)13;6-3-2-1-8-11-4(2)10-5(7)9-3;6-5-3-1-2-4-5;2-8(3,6)1-9(4,5)7/h5,8,10-12,15,23-24H,1-4,6-7H2,(H,28,29)(H,19,20,21)(H2,25,26,27);5,7,9-11,14,22-24H,1-4,6H2,(H,18,19,20);5-6,9-10,13H,4H2,1-3H3;6,9-11H,5H2,1-4H3;1H,(H,8,9,10,11);5H,1-4,6H2;1H2/t10-,11-,12-,15-;9-,10-,11-,14-;6-,9-,10-,13-;6-,9-,10-,11-;;;/m1111.../s1. The van der Waals surface area contributed by atoms with Crippen LogP contribution in [0.3, 0.4) is 0 Å². The topological polar surface area (TPSA) is 591 Å². The Morgan fingerprint density at radius 1 is 0.512 bits per heavy atom. The average Bonchev–Trinajstić information content (AvgIpc) is 1.62. The van der Waals surface area contributed by atoms with E-state index in [0.717, 1.165) is 51.4 Å². The van der Waals surface area contributed by atoms with Gasteiger partial charge in [-0.1, -0.05) is 89.4 Å². The molecule has 8 aromatic rings. The van der Waals surface area contributed by atoms with Gasteiger partial charge in [0.2, 0.25) is 27.4 Å². The van der Waals surface area contributed by atoms with E-state index < -0.39 is 138 Å². The minimum absolute atomic E-state index is 0.0198. The van der Waals surface area contributed by atoms with Gasteiger partial charge in [0.15, 0.2) is 59.4 Å². The molecule has 0 bridgehead atoms. The van der Waals surface area contributed by atoms with Crippen LogP contribution in [0, 0.1) is 11.8 Å². The van der Waals surface area contributed by atoms with Gasteiger partial charge in [-0.05, 0) is 143 Å². The highest BCUT2D eigenvalue weighted by atomic mass is 35.9. The van der Waals surface area contributed by atoms with Gasteiger partial charge in [-0.25, -0.2) is 24.0 Å². The first-order chi connectivity index (χ1) is 57.8. The lowest BCUT2D eigenvalue weighted by Crippen LogP contribution is -2.33. The number of esters is 3. The molecule has 42 nitrogen and oxygen atoms in total. The Balaban J connectivity index is 0.000000172. The zero-order valence-corrected chi connectivity index (χ0v) is 77.7. The van der Waals surface area contributed by atoms with Gasteiger partial charge in [-0.15, -0.1) is 0 Å². The maximum absolute atomic E-state index is 11.9. The highest BCUT2D eigenvalue weighted by molar-refractivity contribution is 8.21. The summed E-state index contributed by atoms with van der Waals surface area (Å²) in [6.45, 7) is 10.8. The second kappa shape index (κ2) is 45.3. The number of carbonyl (C=O) groups is 3. The number of nitrogens with zero attached hydrogens (tertiary/aromatic N) is 15. The SMILES string of the molecule is CC[C@H]1O[C@@H](OC(C)=O)[C@H](OC(C)=O)[C@@H]1C.CC[C@H]1O[C@@H](n2ncc3c(Cl)nc(Cl)nc32)[C@H](OC(C)=O)[C@@H]1C.Clc1nc(Cl)c2cn[nH]c2n1.NC1CCCC1.O=P(Cl)(Cl)CP(=O)(Cl)Cl.O=P(O)(O)CP(=O)(O)OC[C@H]1O[C@@H](n2ncc3c(NC4CCCC4)nc(Cl)nc32)[C@H](O)[C@@H]1O.OC[C@H]1O[C@@H](n2ncc3c(NC4CCCC4)nc(Cl)nc32)[C@H](O)[C@@H]1O. The number of aromatic amines is 1. The molecule has 0 radical (unpaired) electrons. The Morgan fingerprint density at radius 3 is 1.34 bits per heavy atom. The molecule has 0 spiro atoms. The quantitative estimate of drug-likeness (QED) is 0.0111. The summed E-state index contributed by atoms with van der Waals surface area (Å²) in [5, 5.41) is 79.2. The number of ether oxygens (including phenoxy) is 7. The third-order valence-corrected chi connectivity index (χ3v) is 31.2. The van der Waals surface area contributed by atoms with Gasteiger partial charge in [0.05, 0.1) is 71.8 Å². The smallest absolute Gasteiger partial charge is 0.340 e. The van der Waals surface area contributed by atoms with Crippen LogP contribution in [-0.4, -0.2) is 248 Å². The number of fused-ring (bicyclic) bond motifs is 4. The normalized spacial score (nSPS) is 26.5. The van der Waals surface area contributed by atoms with Gasteiger partial charge in [-0.2, -0.15) is 50.3 Å². The molecule has 0 amide bonds. The van der Waals surface area contributed by atoms with Crippen molar-refractivity contribution in [3.63, 3.8) is 0 Å². The van der Waals surface area contributed by atoms with E-state index in [-0.39, 0.29) is 68.0 Å². The average molecular weight is 2010 g/mol. The summed E-state index contributed by atoms with van der Waals surface area (Å²) < 4.78 is 90.8. The molecule has 13 N–H and O–H groups in total. The molecule has 12 heterocycles. The molecule has 684 valence electrons. The number of hydrogen-bond acceptors (Lipinski definition) is 35. The molecule has 1 unspecified atom stereocenters. The Kier molecular flexibility index (Phi) is 37.7. The third-order valence-electron chi connectivity index (χ3n) is 20.0. The second-order valence-electron chi connectivity index (χ2n) is 29.4.